The molecule has 0 spiro atoms. The van der Waals surface area contributed by atoms with Crippen LogP contribution >= 0.6 is 0 Å². The van der Waals surface area contributed by atoms with Crippen molar-refractivity contribution in [2.24, 2.45) is 5.84 Å². The number of hydrogen-bond donors (Lipinski definition) is 2. The number of anilines is 1. The Hall–Kier alpha value is -1.06. The lowest BCUT2D eigenvalue weighted by molar-refractivity contribution is 0.162. The highest BCUT2D eigenvalue weighted by Gasteiger charge is 2.29. The summed E-state index contributed by atoms with van der Waals surface area (Å²) in [5, 5.41) is 11.1. The molecule has 3 nitrogen and oxygen atoms in total. The molecule has 1 aromatic rings. The molecule has 1 heterocycles. The Morgan fingerprint density at radius 2 is 2.23 bits per heavy atom. The Kier molecular flexibility index (Phi) is 1.98. The molecule has 3 N–H and O–H groups in total. The summed E-state index contributed by atoms with van der Waals surface area (Å²) in [6, 6.07) is 8.02. The minimum atomic E-state index is -0.391. The van der Waals surface area contributed by atoms with Crippen molar-refractivity contribution in [2.75, 3.05) is 5.01 Å². The molecular formula is C10H14N2O. The lowest BCUT2D eigenvalue weighted by atomic mass is 10.1. The predicted molar refractivity (Wildman–Crippen MR) is 52.3 cm³/mol. The SMILES string of the molecule is CC(O)C1Cc2ccccc2N1N. The molecule has 13 heavy (non-hydrogen) atoms. The third-order valence-electron chi connectivity index (χ3n) is 2.61. The van der Waals surface area contributed by atoms with E-state index in [-0.39, 0.29) is 6.04 Å². The summed E-state index contributed by atoms with van der Waals surface area (Å²) in [7, 11) is 0. The first kappa shape index (κ1) is 8.53. The topological polar surface area (TPSA) is 49.5 Å². The zero-order chi connectivity index (χ0) is 9.42. The van der Waals surface area contributed by atoms with E-state index >= 15 is 0 Å². The average Bonchev–Trinajstić information content (AvgIpc) is 2.45. The van der Waals surface area contributed by atoms with Crippen LogP contribution in [-0.2, 0) is 6.42 Å². The van der Waals surface area contributed by atoms with Crippen molar-refractivity contribution >= 4 is 5.69 Å². The molecule has 0 aliphatic carbocycles. The lowest BCUT2D eigenvalue weighted by Gasteiger charge is -2.23. The van der Waals surface area contributed by atoms with Gasteiger partial charge in [0.05, 0.1) is 17.8 Å². The molecule has 0 amide bonds. The zero-order valence-corrected chi connectivity index (χ0v) is 7.64. The maximum absolute atomic E-state index is 9.47. The average molecular weight is 178 g/mol. The van der Waals surface area contributed by atoms with Crippen LogP contribution in [0.1, 0.15) is 12.5 Å². The Morgan fingerprint density at radius 1 is 1.54 bits per heavy atom. The van der Waals surface area contributed by atoms with Crippen LogP contribution in [0.5, 0.6) is 0 Å². The molecule has 1 aromatic carbocycles. The second-order valence-corrected chi connectivity index (χ2v) is 3.55. The molecule has 1 aliphatic heterocycles. The number of nitrogens with two attached hydrogens (primary N) is 1. The van der Waals surface area contributed by atoms with Crippen LogP contribution in [0.3, 0.4) is 0 Å². The van der Waals surface area contributed by atoms with Gasteiger partial charge >= 0.3 is 0 Å². The highest BCUT2D eigenvalue weighted by atomic mass is 16.3. The molecule has 2 rings (SSSR count). The zero-order valence-electron chi connectivity index (χ0n) is 7.64. The summed E-state index contributed by atoms with van der Waals surface area (Å²) in [5.41, 5.74) is 2.25. The van der Waals surface area contributed by atoms with Crippen LogP contribution < -0.4 is 10.9 Å². The van der Waals surface area contributed by atoms with Crippen molar-refractivity contribution in [3.63, 3.8) is 0 Å². The van der Waals surface area contributed by atoms with Crippen molar-refractivity contribution in [2.45, 2.75) is 25.5 Å². The van der Waals surface area contributed by atoms with E-state index in [1.54, 1.807) is 11.9 Å². The van der Waals surface area contributed by atoms with Crippen molar-refractivity contribution in [3.8, 4) is 0 Å². The largest absolute Gasteiger partial charge is 0.391 e. The van der Waals surface area contributed by atoms with E-state index < -0.39 is 6.10 Å². The van der Waals surface area contributed by atoms with Gasteiger partial charge in [0, 0.05) is 0 Å². The Balaban J connectivity index is 2.32. The second-order valence-electron chi connectivity index (χ2n) is 3.55. The van der Waals surface area contributed by atoms with Gasteiger partial charge in [-0.1, -0.05) is 18.2 Å². The number of hydrazine groups is 1. The summed E-state index contributed by atoms with van der Waals surface area (Å²) >= 11 is 0. The fraction of sp³-hybridized carbons (Fsp3) is 0.400. The minimum Gasteiger partial charge on any atom is -0.391 e. The van der Waals surface area contributed by atoms with E-state index in [1.807, 2.05) is 18.2 Å². The molecular weight excluding hydrogens is 164 g/mol. The Labute approximate surface area is 77.7 Å². The Morgan fingerprint density at radius 3 is 2.85 bits per heavy atom. The third-order valence-corrected chi connectivity index (χ3v) is 2.61. The van der Waals surface area contributed by atoms with Crippen LogP contribution in [0.4, 0.5) is 5.69 Å². The van der Waals surface area contributed by atoms with Crippen molar-refractivity contribution < 1.29 is 5.11 Å². The predicted octanol–water partition coefficient (Wildman–Crippen LogP) is 0.672. The molecule has 0 radical (unpaired) electrons. The van der Waals surface area contributed by atoms with Crippen molar-refractivity contribution in [1.82, 2.24) is 0 Å². The molecule has 0 saturated carbocycles. The van der Waals surface area contributed by atoms with E-state index in [9.17, 15) is 5.11 Å². The fourth-order valence-electron chi connectivity index (χ4n) is 1.84. The van der Waals surface area contributed by atoms with Gasteiger partial charge in [0.2, 0.25) is 0 Å². The smallest absolute Gasteiger partial charge is 0.0750 e. The fourth-order valence-corrected chi connectivity index (χ4v) is 1.84. The first-order valence-corrected chi connectivity index (χ1v) is 4.50. The summed E-state index contributed by atoms with van der Waals surface area (Å²) in [6.45, 7) is 1.77. The molecule has 0 bridgehead atoms. The minimum absolute atomic E-state index is 0.0254. The third kappa shape index (κ3) is 1.30. The number of fused-ring (bicyclic) bond motifs is 1. The molecule has 70 valence electrons. The number of benzene rings is 1. The van der Waals surface area contributed by atoms with Gasteiger partial charge in [0.15, 0.2) is 0 Å². The second kappa shape index (κ2) is 3.01. The van der Waals surface area contributed by atoms with Crippen molar-refractivity contribution in [1.29, 1.82) is 0 Å². The molecule has 0 aromatic heterocycles. The molecule has 2 unspecified atom stereocenters. The van der Waals surface area contributed by atoms with E-state index in [4.69, 9.17) is 5.84 Å². The molecule has 1 aliphatic rings. The van der Waals surface area contributed by atoms with E-state index in [0.29, 0.717) is 0 Å². The number of aliphatic hydroxyl groups is 1. The highest BCUT2D eigenvalue weighted by Crippen LogP contribution is 2.30. The van der Waals surface area contributed by atoms with Gasteiger partial charge in [-0.2, -0.15) is 0 Å². The van der Waals surface area contributed by atoms with Gasteiger partial charge < -0.3 is 10.1 Å². The Bertz CT molecular complexity index is 312. The van der Waals surface area contributed by atoms with Crippen molar-refractivity contribution in [3.05, 3.63) is 29.8 Å². The number of rotatable bonds is 1. The normalized spacial score (nSPS) is 23.0. The van der Waals surface area contributed by atoms with E-state index in [0.717, 1.165) is 12.1 Å². The van der Waals surface area contributed by atoms with Gasteiger partial charge in [-0.05, 0) is 25.0 Å². The standard InChI is InChI=1S/C10H14N2O/c1-7(13)10-6-8-4-2-3-5-9(8)12(10)11/h2-5,7,10,13H,6,11H2,1H3. The molecule has 0 saturated heterocycles. The summed E-state index contributed by atoms with van der Waals surface area (Å²) < 4.78 is 0. The maximum Gasteiger partial charge on any atom is 0.0750 e. The molecule has 0 fully saturated rings. The number of hydrogen-bond acceptors (Lipinski definition) is 3. The highest BCUT2D eigenvalue weighted by molar-refractivity contribution is 5.58. The summed E-state index contributed by atoms with van der Waals surface area (Å²) in [6.07, 6.45) is 0.446. The van der Waals surface area contributed by atoms with Gasteiger partial charge in [-0.3, -0.25) is 0 Å². The summed E-state index contributed by atoms with van der Waals surface area (Å²) in [5.74, 6) is 5.86. The van der Waals surface area contributed by atoms with Gasteiger partial charge in [0.25, 0.3) is 0 Å². The van der Waals surface area contributed by atoms with E-state index in [2.05, 4.69) is 6.07 Å². The number of nitrogens with zero attached hydrogens (tertiary/aromatic N) is 1. The first-order valence-electron chi connectivity index (χ1n) is 4.50. The van der Waals surface area contributed by atoms with Crippen LogP contribution in [0.25, 0.3) is 0 Å². The maximum atomic E-state index is 9.47. The van der Waals surface area contributed by atoms with Crippen LogP contribution in [-0.4, -0.2) is 17.3 Å². The molecule has 3 heteroatoms. The first-order chi connectivity index (χ1) is 6.20. The summed E-state index contributed by atoms with van der Waals surface area (Å²) in [4.78, 5) is 0. The van der Waals surface area contributed by atoms with Crippen LogP contribution in [0, 0.1) is 0 Å². The van der Waals surface area contributed by atoms with Crippen LogP contribution in [0.2, 0.25) is 0 Å². The lowest BCUT2D eigenvalue weighted by Crippen LogP contribution is -2.44. The molecule has 2 atom stereocenters. The number of aliphatic hydroxyl groups excluding tert-OH is 1. The van der Waals surface area contributed by atoms with E-state index in [1.165, 1.54) is 5.56 Å². The number of para-hydroxylation sites is 1. The monoisotopic (exact) mass is 178 g/mol. The van der Waals surface area contributed by atoms with Gasteiger partial charge in [0.1, 0.15) is 0 Å². The van der Waals surface area contributed by atoms with Crippen LogP contribution in [0.15, 0.2) is 24.3 Å². The van der Waals surface area contributed by atoms with Gasteiger partial charge in [-0.25, -0.2) is 5.84 Å². The quantitative estimate of drug-likeness (QED) is 0.621. The van der Waals surface area contributed by atoms with Gasteiger partial charge in [-0.15, -0.1) is 0 Å².